The Hall–Kier alpha value is -3.00. The van der Waals surface area contributed by atoms with Gasteiger partial charge in [0, 0.05) is 13.0 Å². The van der Waals surface area contributed by atoms with E-state index in [1.165, 1.54) is 6.42 Å². The molecule has 0 bridgehead atoms. The number of phosphoric acid groups is 1. The van der Waals surface area contributed by atoms with Crippen molar-refractivity contribution in [1.29, 1.82) is 0 Å². The summed E-state index contributed by atoms with van der Waals surface area (Å²) < 4.78 is 34.1. The number of rotatable bonds is 38. The monoisotopic (exact) mass is 919 g/mol. The van der Waals surface area contributed by atoms with Crippen LogP contribution in [0.1, 0.15) is 142 Å². The lowest BCUT2D eigenvalue weighted by molar-refractivity contribution is -0.220. The normalized spacial score (nSPS) is 22.7. The third kappa shape index (κ3) is 31.8. The smallest absolute Gasteiger partial charge is 0.457 e. The molecular weight excluding hydrogens is 836 g/mol. The number of hydrogen-bond donors (Lipinski definition) is 6. The molecule has 1 aliphatic rings. The molecule has 364 valence electrons. The van der Waals surface area contributed by atoms with Crippen LogP contribution in [-0.2, 0) is 27.9 Å². The number of phosphoric ester groups is 1. The molecule has 0 radical (unpaired) electrons. The van der Waals surface area contributed by atoms with Gasteiger partial charge >= 0.3 is 13.8 Å². The molecule has 64 heavy (non-hydrogen) atoms. The average molecular weight is 919 g/mol. The zero-order valence-corrected chi connectivity index (χ0v) is 39.7. The van der Waals surface area contributed by atoms with Crippen LogP contribution in [0.3, 0.4) is 0 Å². The second kappa shape index (κ2) is 40.3. The number of unbranched alkanes of at least 4 members (excludes halogenated alkanes) is 8. The molecule has 6 atom stereocenters. The minimum absolute atomic E-state index is 0.0956. The largest absolute Gasteiger partial charge is 0.472 e. The highest BCUT2D eigenvalue weighted by molar-refractivity contribution is 7.47. The van der Waals surface area contributed by atoms with Gasteiger partial charge in [0.25, 0.3) is 0 Å². The molecule has 0 aromatic rings. The van der Waals surface area contributed by atoms with Crippen LogP contribution in [0.4, 0.5) is 0 Å². The number of hydrogen-bond acceptors (Lipinski definition) is 11. The highest BCUT2D eigenvalue weighted by atomic mass is 31.2. The molecule has 0 heterocycles. The lowest BCUT2D eigenvalue weighted by atomic mass is 9.85. The average Bonchev–Trinajstić information content (AvgIpc) is 3.28. The Labute approximate surface area is 385 Å². The zero-order chi connectivity index (χ0) is 46.9. The van der Waals surface area contributed by atoms with Crippen molar-refractivity contribution in [1.82, 2.24) is 0 Å². The summed E-state index contributed by atoms with van der Waals surface area (Å²) in [5.41, 5.74) is 0. The van der Waals surface area contributed by atoms with Crippen LogP contribution in [0, 0.1) is 0 Å². The fraction of sp³-hybridized carbons (Fsp3) is 0.627. The highest BCUT2D eigenvalue weighted by Gasteiger charge is 2.51. The standard InChI is InChI=1S/C51H83O12P/c1-3-5-7-9-11-13-15-17-19-20-21-22-23-24-25-26-27-28-30-32-34-36-38-40-45(52)62-44(42-60-41-39-37-35-33-31-29-18-16-14-12-10-8-6-4-2)43-61-64(58,59)63-51-49(56)47(54)46(53)48(55)50(51)57/h5,7-8,10-11,13-14,16-17,19,21-22,24-25,27-28,32,34,44,46-51,53-57H,3-4,6,9,12,15,18,20,23,26,29-31,33,35-43H2,1-2H3,(H,58,59)/b7-5-,10-8-,13-11-,16-14-,19-17-,22-21-,25-24-,28-27-,34-32-. The second-order valence-electron chi connectivity index (χ2n) is 15.9. The van der Waals surface area contributed by atoms with Crippen LogP contribution in [0.2, 0.25) is 0 Å². The van der Waals surface area contributed by atoms with Crippen molar-refractivity contribution in [2.45, 2.75) is 185 Å². The summed E-state index contributed by atoms with van der Waals surface area (Å²) in [5.74, 6) is -0.544. The van der Waals surface area contributed by atoms with Crippen LogP contribution in [-0.4, -0.2) is 98.9 Å². The number of carbonyl (C=O) groups excluding carboxylic acids is 1. The minimum Gasteiger partial charge on any atom is -0.457 e. The summed E-state index contributed by atoms with van der Waals surface area (Å²) in [6.07, 6.45) is 44.5. The third-order valence-electron chi connectivity index (χ3n) is 10.1. The van der Waals surface area contributed by atoms with Gasteiger partial charge < -0.3 is 39.9 Å². The first-order valence-corrected chi connectivity index (χ1v) is 25.2. The van der Waals surface area contributed by atoms with E-state index in [9.17, 15) is 39.8 Å². The first kappa shape index (κ1) is 59.0. The third-order valence-corrected chi connectivity index (χ3v) is 11.1. The predicted octanol–water partition coefficient (Wildman–Crippen LogP) is 10.1. The Kier molecular flexibility index (Phi) is 37.2. The van der Waals surface area contributed by atoms with Crippen LogP contribution in [0.15, 0.2) is 109 Å². The number of esters is 1. The van der Waals surface area contributed by atoms with Gasteiger partial charge in [-0.2, -0.15) is 0 Å². The van der Waals surface area contributed by atoms with E-state index in [2.05, 4.69) is 111 Å². The lowest BCUT2D eigenvalue weighted by Crippen LogP contribution is -2.64. The number of aliphatic hydroxyl groups is 5. The summed E-state index contributed by atoms with van der Waals surface area (Å²) in [4.78, 5) is 23.2. The van der Waals surface area contributed by atoms with Crippen LogP contribution >= 0.6 is 7.82 Å². The van der Waals surface area contributed by atoms with E-state index >= 15 is 0 Å². The fourth-order valence-corrected chi connectivity index (χ4v) is 7.35. The summed E-state index contributed by atoms with van der Waals surface area (Å²) in [5, 5.41) is 50.2. The number of carbonyl (C=O) groups is 1. The minimum atomic E-state index is -5.05. The molecule has 0 aliphatic heterocycles. The van der Waals surface area contributed by atoms with Gasteiger partial charge in [0.2, 0.25) is 0 Å². The Morgan fingerprint density at radius 1 is 0.516 bits per heavy atom. The zero-order valence-electron chi connectivity index (χ0n) is 38.8. The van der Waals surface area contributed by atoms with Gasteiger partial charge in [0.15, 0.2) is 0 Å². The van der Waals surface area contributed by atoms with Gasteiger partial charge in [0.1, 0.15) is 42.7 Å². The first-order chi connectivity index (χ1) is 31.0. The first-order valence-electron chi connectivity index (χ1n) is 23.7. The van der Waals surface area contributed by atoms with E-state index in [4.69, 9.17) is 18.5 Å². The molecule has 0 amide bonds. The van der Waals surface area contributed by atoms with Crippen LogP contribution < -0.4 is 0 Å². The van der Waals surface area contributed by atoms with Crippen LogP contribution in [0.25, 0.3) is 0 Å². The fourth-order valence-electron chi connectivity index (χ4n) is 6.38. The SMILES string of the molecule is CC/C=C\C/C=C\C/C=C\C/C=C\C/C=C\C/C=C\C/C=C\CCCC(=O)OC(COCCCCCCCC/C=C\C/C=C\CCC)COP(=O)(O)OC1C(O)C(O)C(O)C(O)C1O. The molecule has 6 unspecified atom stereocenters. The van der Waals surface area contributed by atoms with E-state index in [0.29, 0.717) is 19.4 Å². The predicted molar refractivity (Wildman–Crippen MR) is 257 cm³/mol. The van der Waals surface area contributed by atoms with E-state index in [1.807, 2.05) is 12.2 Å². The maximum atomic E-state index is 12.8. The summed E-state index contributed by atoms with van der Waals surface area (Å²) in [6.45, 7) is 3.97. The van der Waals surface area contributed by atoms with Crippen molar-refractivity contribution in [2.75, 3.05) is 19.8 Å². The van der Waals surface area contributed by atoms with Gasteiger partial charge in [-0.25, -0.2) is 4.57 Å². The topological polar surface area (TPSA) is 192 Å². The van der Waals surface area contributed by atoms with Gasteiger partial charge in [-0.3, -0.25) is 13.8 Å². The van der Waals surface area contributed by atoms with Gasteiger partial charge in [-0.15, -0.1) is 0 Å². The number of allylic oxidation sites excluding steroid dienone is 18. The molecule has 0 aromatic carbocycles. The maximum absolute atomic E-state index is 12.8. The highest BCUT2D eigenvalue weighted by Crippen LogP contribution is 2.47. The maximum Gasteiger partial charge on any atom is 0.472 e. The molecule has 12 nitrogen and oxygen atoms in total. The van der Waals surface area contributed by atoms with E-state index < -0.39 is 63.1 Å². The number of aliphatic hydroxyl groups excluding tert-OH is 5. The van der Waals surface area contributed by atoms with E-state index in [0.717, 1.165) is 103 Å². The van der Waals surface area contributed by atoms with Crippen molar-refractivity contribution < 1.29 is 58.3 Å². The Morgan fingerprint density at radius 2 is 0.922 bits per heavy atom. The Balaban J connectivity index is 2.44. The molecule has 1 rings (SSSR count). The molecule has 1 fully saturated rings. The van der Waals surface area contributed by atoms with Gasteiger partial charge in [-0.1, -0.05) is 155 Å². The molecule has 1 aliphatic carbocycles. The second-order valence-corrected chi connectivity index (χ2v) is 17.3. The molecule has 1 saturated carbocycles. The molecule has 0 saturated heterocycles. The summed E-state index contributed by atoms with van der Waals surface area (Å²) in [6, 6.07) is 0. The molecule has 0 spiro atoms. The van der Waals surface area contributed by atoms with E-state index in [-0.39, 0.29) is 13.0 Å². The van der Waals surface area contributed by atoms with Gasteiger partial charge in [-0.05, 0) is 89.9 Å². The van der Waals surface area contributed by atoms with Crippen molar-refractivity contribution in [3.8, 4) is 0 Å². The number of ether oxygens (including phenoxy) is 2. The molecular formula is C51H83O12P. The molecule has 0 aromatic heterocycles. The van der Waals surface area contributed by atoms with Crippen LogP contribution in [0.5, 0.6) is 0 Å². The van der Waals surface area contributed by atoms with Crippen molar-refractivity contribution >= 4 is 13.8 Å². The molecule has 6 N–H and O–H groups in total. The summed E-state index contributed by atoms with van der Waals surface area (Å²) in [7, 11) is -5.05. The van der Waals surface area contributed by atoms with Crippen molar-refractivity contribution in [2.24, 2.45) is 0 Å². The van der Waals surface area contributed by atoms with Gasteiger partial charge in [0.05, 0.1) is 13.2 Å². The van der Waals surface area contributed by atoms with Crippen molar-refractivity contribution in [3.63, 3.8) is 0 Å². The molecule has 13 heteroatoms. The van der Waals surface area contributed by atoms with Crippen molar-refractivity contribution in [3.05, 3.63) is 109 Å². The summed E-state index contributed by atoms with van der Waals surface area (Å²) >= 11 is 0. The Morgan fingerprint density at radius 3 is 1.41 bits per heavy atom. The lowest BCUT2D eigenvalue weighted by Gasteiger charge is -2.41. The quantitative estimate of drug-likeness (QED) is 0.0149. The van der Waals surface area contributed by atoms with E-state index in [1.54, 1.807) is 0 Å². The Bertz CT molecular complexity index is 1470.